The lowest BCUT2D eigenvalue weighted by Crippen LogP contribution is -2.02. The monoisotopic (exact) mass is 264 g/mol. The third kappa shape index (κ3) is 2.81. The van der Waals surface area contributed by atoms with E-state index in [1.807, 2.05) is 25.1 Å². The molecule has 0 radical (unpaired) electrons. The first kappa shape index (κ1) is 12.4. The van der Waals surface area contributed by atoms with E-state index in [0.717, 1.165) is 11.3 Å². The van der Waals surface area contributed by atoms with Crippen molar-refractivity contribution in [3.63, 3.8) is 0 Å². The van der Waals surface area contributed by atoms with Gasteiger partial charge < -0.3 is 15.8 Å². The number of rotatable bonds is 3. The first-order chi connectivity index (χ1) is 8.58. The van der Waals surface area contributed by atoms with E-state index in [4.69, 9.17) is 22.1 Å². The number of methoxy groups -OCH3 is 1. The van der Waals surface area contributed by atoms with Gasteiger partial charge in [-0.15, -0.1) is 0 Å². The Morgan fingerprint density at radius 2 is 2.06 bits per heavy atom. The summed E-state index contributed by atoms with van der Waals surface area (Å²) in [5.41, 5.74) is 7.42. The number of ether oxygens (including phenoxy) is 1. The average Bonchev–Trinajstić information content (AvgIpc) is 2.32. The van der Waals surface area contributed by atoms with Crippen LogP contribution in [0.3, 0.4) is 0 Å². The number of anilines is 3. The van der Waals surface area contributed by atoms with Crippen molar-refractivity contribution in [3.8, 4) is 5.88 Å². The molecule has 6 heteroatoms. The van der Waals surface area contributed by atoms with E-state index in [-0.39, 0.29) is 5.95 Å². The Hall–Kier alpha value is -2.01. The van der Waals surface area contributed by atoms with Crippen molar-refractivity contribution < 1.29 is 4.74 Å². The average molecular weight is 265 g/mol. The molecule has 0 spiro atoms. The molecule has 3 N–H and O–H groups in total. The van der Waals surface area contributed by atoms with Crippen LogP contribution in [0.4, 0.5) is 17.5 Å². The van der Waals surface area contributed by atoms with Crippen molar-refractivity contribution in [2.75, 3.05) is 18.2 Å². The van der Waals surface area contributed by atoms with E-state index in [1.165, 1.54) is 7.11 Å². The first-order valence-electron chi connectivity index (χ1n) is 5.30. The number of benzene rings is 1. The molecule has 0 fully saturated rings. The summed E-state index contributed by atoms with van der Waals surface area (Å²) in [6.45, 7) is 1.97. The maximum absolute atomic E-state index is 6.12. The molecular weight excluding hydrogens is 252 g/mol. The van der Waals surface area contributed by atoms with Gasteiger partial charge in [-0.25, -0.2) is 0 Å². The molecule has 1 aromatic heterocycles. The van der Waals surface area contributed by atoms with Gasteiger partial charge in [0.05, 0.1) is 17.8 Å². The van der Waals surface area contributed by atoms with Crippen LogP contribution in [0.1, 0.15) is 5.56 Å². The summed E-state index contributed by atoms with van der Waals surface area (Å²) < 4.78 is 5.02. The standard InChI is InChI=1S/C12H13ClN4O/c1-7-3-4-9(8(13)5-7)15-10-6-11(18-2)17-12(14)16-10/h3-6H,1-2H3,(H3,14,15,16,17). The minimum absolute atomic E-state index is 0.139. The smallest absolute Gasteiger partial charge is 0.225 e. The predicted molar refractivity (Wildman–Crippen MR) is 72.5 cm³/mol. The van der Waals surface area contributed by atoms with Gasteiger partial charge in [0.1, 0.15) is 5.82 Å². The molecule has 0 aliphatic rings. The summed E-state index contributed by atoms with van der Waals surface area (Å²) in [7, 11) is 1.52. The Morgan fingerprint density at radius 3 is 2.72 bits per heavy atom. The van der Waals surface area contributed by atoms with Gasteiger partial charge in [0.2, 0.25) is 11.8 Å². The van der Waals surface area contributed by atoms with Crippen molar-refractivity contribution in [1.29, 1.82) is 0 Å². The zero-order chi connectivity index (χ0) is 13.1. The summed E-state index contributed by atoms with van der Waals surface area (Å²) in [6, 6.07) is 7.34. The highest BCUT2D eigenvalue weighted by Crippen LogP contribution is 2.26. The van der Waals surface area contributed by atoms with E-state index in [1.54, 1.807) is 6.07 Å². The van der Waals surface area contributed by atoms with Crippen LogP contribution in [-0.2, 0) is 0 Å². The third-order valence-corrected chi connectivity index (χ3v) is 2.63. The van der Waals surface area contributed by atoms with Crippen molar-refractivity contribution in [1.82, 2.24) is 9.97 Å². The number of hydrogen-bond donors (Lipinski definition) is 2. The Kier molecular flexibility index (Phi) is 3.53. The van der Waals surface area contributed by atoms with Crippen LogP contribution < -0.4 is 15.8 Å². The molecule has 18 heavy (non-hydrogen) atoms. The zero-order valence-electron chi connectivity index (χ0n) is 10.1. The fourth-order valence-electron chi connectivity index (χ4n) is 1.47. The first-order valence-corrected chi connectivity index (χ1v) is 5.68. The van der Waals surface area contributed by atoms with Gasteiger partial charge in [-0.05, 0) is 24.6 Å². The Balaban J connectivity index is 2.30. The number of nitrogen functional groups attached to an aromatic ring is 1. The predicted octanol–water partition coefficient (Wildman–Crippen LogP) is 2.77. The molecule has 5 nitrogen and oxygen atoms in total. The molecule has 0 saturated heterocycles. The minimum Gasteiger partial charge on any atom is -0.481 e. The highest BCUT2D eigenvalue weighted by atomic mass is 35.5. The summed E-state index contributed by atoms with van der Waals surface area (Å²) in [5, 5.41) is 3.69. The van der Waals surface area contributed by atoms with Crippen molar-refractivity contribution in [2.24, 2.45) is 0 Å². The SMILES string of the molecule is COc1cc(Nc2ccc(C)cc2Cl)nc(N)n1. The van der Waals surface area contributed by atoms with Crippen molar-refractivity contribution in [2.45, 2.75) is 6.92 Å². The number of hydrogen-bond acceptors (Lipinski definition) is 5. The fraction of sp³-hybridized carbons (Fsp3) is 0.167. The summed E-state index contributed by atoms with van der Waals surface area (Å²) >= 11 is 6.12. The second-order valence-corrected chi connectivity index (χ2v) is 4.17. The molecular formula is C12H13ClN4O. The molecule has 1 aromatic carbocycles. The third-order valence-electron chi connectivity index (χ3n) is 2.32. The zero-order valence-corrected chi connectivity index (χ0v) is 10.8. The molecule has 2 rings (SSSR count). The topological polar surface area (TPSA) is 73.1 Å². The molecule has 94 valence electrons. The lowest BCUT2D eigenvalue weighted by atomic mass is 10.2. The maximum atomic E-state index is 6.12. The normalized spacial score (nSPS) is 10.2. The van der Waals surface area contributed by atoms with E-state index in [2.05, 4.69) is 15.3 Å². The number of halogens is 1. The highest BCUT2D eigenvalue weighted by molar-refractivity contribution is 6.33. The summed E-state index contributed by atoms with van der Waals surface area (Å²) in [4.78, 5) is 7.96. The molecule has 0 atom stereocenters. The quantitative estimate of drug-likeness (QED) is 0.892. The van der Waals surface area contributed by atoms with Gasteiger partial charge in [-0.2, -0.15) is 9.97 Å². The van der Waals surface area contributed by atoms with Crippen LogP contribution in [0.25, 0.3) is 0 Å². The largest absolute Gasteiger partial charge is 0.481 e. The number of aromatic nitrogens is 2. The second kappa shape index (κ2) is 5.10. The van der Waals surface area contributed by atoms with Gasteiger partial charge >= 0.3 is 0 Å². The van der Waals surface area contributed by atoms with Crippen LogP contribution in [0.5, 0.6) is 5.88 Å². The van der Waals surface area contributed by atoms with Gasteiger partial charge in [0.15, 0.2) is 0 Å². The number of nitrogens with zero attached hydrogens (tertiary/aromatic N) is 2. The molecule has 0 amide bonds. The van der Waals surface area contributed by atoms with E-state index in [0.29, 0.717) is 16.7 Å². The molecule has 0 saturated carbocycles. The highest BCUT2D eigenvalue weighted by Gasteiger charge is 2.05. The van der Waals surface area contributed by atoms with Gasteiger partial charge in [-0.1, -0.05) is 17.7 Å². The molecule has 0 aliphatic carbocycles. The van der Waals surface area contributed by atoms with Crippen LogP contribution in [0.2, 0.25) is 5.02 Å². The molecule has 0 bridgehead atoms. The van der Waals surface area contributed by atoms with Crippen LogP contribution in [0.15, 0.2) is 24.3 Å². The Bertz CT molecular complexity index is 574. The van der Waals surface area contributed by atoms with E-state index in [9.17, 15) is 0 Å². The van der Waals surface area contributed by atoms with E-state index < -0.39 is 0 Å². The lowest BCUT2D eigenvalue weighted by molar-refractivity contribution is 0.398. The van der Waals surface area contributed by atoms with Crippen molar-refractivity contribution in [3.05, 3.63) is 34.9 Å². The van der Waals surface area contributed by atoms with Crippen LogP contribution in [0, 0.1) is 6.92 Å². The number of nitrogens with one attached hydrogen (secondary N) is 1. The summed E-state index contributed by atoms with van der Waals surface area (Å²) in [6.07, 6.45) is 0. The van der Waals surface area contributed by atoms with Crippen LogP contribution in [-0.4, -0.2) is 17.1 Å². The molecule has 0 unspecified atom stereocenters. The molecule has 0 aliphatic heterocycles. The molecule has 2 aromatic rings. The number of aryl methyl sites for hydroxylation is 1. The minimum atomic E-state index is 0.139. The fourth-order valence-corrected chi connectivity index (χ4v) is 1.75. The van der Waals surface area contributed by atoms with Crippen molar-refractivity contribution >= 4 is 29.1 Å². The number of nitrogens with two attached hydrogens (primary N) is 1. The Labute approximate surface area is 110 Å². The van der Waals surface area contributed by atoms with Gasteiger partial charge in [0.25, 0.3) is 0 Å². The summed E-state index contributed by atoms with van der Waals surface area (Å²) in [5.74, 6) is 1.07. The second-order valence-electron chi connectivity index (χ2n) is 3.76. The lowest BCUT2D eigenvalue weighted by Gasteiger charge is -2.09. The van der Waals surface area contributed by atoms with Crippen LogP contribution >= 0.6 is 11.6 Å². The van der Waals surface area contributed by atoms with Gasteiger partial charge in [0, 0.05) is 6.07 Å². The van der Waals surface area contributed by atoms with E-state index >= 15 is 0 Å². The van der Waals surface area contributed by atoms with Gasteiger partial charge in [-0.3, -0.25) is 0 Å². The maximum Gasteiger partial charge on any atom is 0.225 e. The Morgan fingerprint density at radius 1 is 1.28 bits per heavy atom. The molecule has 1 heterocycles.